The number of ether oxygens (including phenoxy) is 1. The van der Waals surface area contributed by atoms with E-state index >= 15 is 0 Å². The molecule has 2 aromatic rings. The molecule has 5 heteroatoms. The number of nitrogens with zero attached hydrogens (tertiary/aromatic N) is 2. The van der Waals surface area contributed by atoms with Gasteiger partial charge < -0.3 is 10.5 Å². The number of rotatable bonds is 4. The Morgan fingerprint density at radius 2 is 2.32 bits per heavy atom. The van der Waals surface area contributed by atoms with E-state index in [0.717, 1.165) is 0 Å². The average molecular weight is 259 g/mol. The molecule has 0 aliphatic heterocycles. The highest BCUT2D eigenvalue weighted by molar-refractivity contribution is 5.46. The van der Waals surface area contributed by atoms with Crippen LogP contribution in [0.1, 0.15) is 5.56 Å². The van der Waals surface area contributed by atoms with Crippen LogP contribution in [0.4, 0.5) is 4.39 Å². The van der Waals surface area contributed by atoms with Crippen LogP contribution in [0.25, 0.3) is 0 Å². The molecule has 0 atom stereocenters. The van der Waals surface area contributed by atoms with Crippen LogP contribution in [0.5, 0.6) is 5.75 Å². The van der Waals surface area contributed by atoms with E-state index in [4.69, 9.17) is 10.5 Å². The van der Waals surface area contributed by atoms with Gasteiger partial charge in [-0.2, -0.15) is 5.10 Å². The minimum absolute atomic E-state index is 0.254. The van der Waals surface area contributed by atoms with Crippen molar-refractivity contribution in [2.45, 2.75) is 6.54 Å². The summed E-state index contributed by atoms with van der Waals surface area (Å²) in [6, 6.07) is 6.09. The van der Waals surface area contributed by atoms with Crippen molar-refractivity contribution < 1.29 is 9.13 Å². The number of hydrogen-bond acceptors (Lipinski definition) is 3. The van der Waals surface area contributed by atoms with Gasteiger partial charge in [-0.15, -0.1) is 0 Å². The molecule has 0 fully saturated rings. The van der Waals surface area contributed by atoms with Crippen LogP contribution < -0.4 is 10.5 Å². The highest BCUT2D eigenvalue weighted by Crippen LogP contribution is 2.19. The molecule has 0 spiro atoms. The first-order valence-corrected chi connectivity index (χ1v) is 5.88. The van der Waals surface area contributed by atoms with Gasteiger partial charge in [-0.1, -0.05) is 11.8 Å². The summed E-state index contributed by atoms with van der Waals surface area (Å²) in [5.41, 5.74) is 5.95. The van der Waals surface area contributed by atoms with E-state index in [0.29, 0.717) is 24.5 Å². The van der Waals surface area contributed by atoms with Crippen LogP contribution >= 0.6 is 0 Å². The topological polar surface area (TPSA) is 53.1 Å². The zero-order valence-electron chi connectivity index (χ0n) is 10.3. The van der Waals surface area contributed by atoms with Crippen molar-refractivity contribution in [2.75, 3.05) is 13.2 Å². The van der Waals surface area contributed by atoms with Crippen LogP contribution in [0.2, 0.25) is 0 Å². The molecular formula is C14H14FN3O. The Hall–Kier alpha value is -2.32. The lowest BCUT2D eigenvalue weighted by atomic mass is 10.2. The molecule has 4 nitrogen and oxygen atoms in total. The lowest BCUT2D eigenvalue weighted by molar-refractivity contribution is 0.289. The second kappa shape index (κ2) is 6.57. The van der Waals surface area contributed by atoms with Crippen LogP contribution in [0.15, 0.2) is 36.7 Å². The van der Waals surface area contributed by atoms with Crippen molar-refractivity contribution in [3.8, 4) is 17.6 Å². The summed E-state index contributed by atoms with van der Waals surface area (Å²) in [6.07, 6.45) is 3.53. The Kier molecular flexibility index (Phi) is 4.54. The van der Waals surface area contributed by atoms with Crippen molar-refractivity contribution in [1.82, 2.24) is 9.78 Å². The van der Waals surface area contributed by atoms with E-state index in [2.05, 4.69) is 16.9 Å². The fourth-order valence-electron chi connectivity index (χ4n) is 1.55. The Morgan fingerprint density at radius 1 is 1.42 bits per heavy atom. The molecule has 0 aliphatic rings. The van der Waals surface area contributed by atoms with E-state index < -0.39 is 0 Å². The molecule has 1 aromatic carbocycles. The Balaban J connectivity index is 2.03. The number of halogens is 1. The molecule has 0 bridgehead atoms. The summed E-state index contributed by atoms with van der Waals surface area (Å²) in [7, 11) is 0. The SMILES string of the molecule is NCC#Cc1ccc(F)cc1OCCn1cccn1. The number of benzene rings is 1. The molecule has 19 heavy (non-hydrogen) atoms. The van der Waals surface area contributed by atoms with Crippen molar-refractivity contribution >= 4 is 0 Å². The number of nitrogens with two attached hydrogens (primary N) is 1. The quantitative estimate of drug-likeness (QED) is 0.845. The predicted octanol–water partition coefficient (Wildman–Crippen LogP) is 1.41. The van der Waals surface area contributed by atoms with Crippen LogP contribution in [0, 0.1) is 17.7 Å². The maximum Gasteiger partial charge on any atom is 0.137 e. The minimum Gasteiger partial charge on any atom is -0.490 e. The average Bonchev–Trinajstić information content (AvgIpc) is 2.91. The summed E-state index contributed by atoms with van der Waals surface area (Å²) >= 11 is 0. The van der Waals surface area contributed by atoms with E-state index in [1.54, 1.807) is 16.9 Å². The largest absolute Gasteiger partial charge is 0.490 e. The van der Waals surface area contributed by atoms with Gasteiger partial charge in [0.2, 0.25) is 0 Å². The fourth-order valence-corrected chi connectivity index (χ4v) is 1.55. The second-order valence-corrected chi connectivity index (χ2v) is 3.76. The third kappa shape index (κ3) is 3.83. The summed E-state index contributed by atoms with van der Waals surface area (Å²) in [5, 5.41) is 4.06. The van der Waals surface area contributed by atoms with Crippen LogP contribution in [-0.4, -0.2) is 22.9 Å². The highest BCUT2D eigenvalue weighted by Gasteiger charge is 2.03. The third-order valence-electron chi connectivity index (χ3n) is 2.41. The van der Waals surface area contributed by atoms with Gasteiger partial charge in [-0.25, -0.2) is 4.39 Å². The fraction of sp³-hybridized carbons (Fsp3) is 0.214. The van der Waals surface area contributed by atoms with Gasteiger partial charge in [0.05, 0.1) is 18.7 Å². The molecule has 0 saturated carbocycles. The van der Waals surface area contributed by atoms with Crippen molar-refractivity contribution in [1.29, 1.82) is 0 Å². The molecule has 2 N–H and O–H groups in total. The first-order valence-electron chi connectivity index (χ1n) is 5.88. The molecule has 0 saturated heterocycles. The smallest absolute Gasteiger partial charge is 0.137 e. The monoisotopic (exact) mass is 259 g/mol. The molecule has 98 valence electrons. The molecule has 1 heterocycles. The number of hydrogen-bond donors (Lipinski definition) is 1. The van der Waals surface area contributed by atoms with E-state index in [1.807, 2.05) is 12.3 Å². The van der Waals surface area contributed by atoms with Gasteiger partial charge in [-0.3, -0.25) is 4.68 Å². The number of aromatic nitrogens is 2. The summed E-state index contributed by atoms with van der Waals surface area (Å²) in [5.74, 6) is 5.65. The minimum atomic E-state index is -0.354. The van der Waals surface area contributed by atoms with Gasteiger partial charge in [0.1, 0.15) is 18.2 Å². The highest BCUT2D eigenvalue weighted by atomic mass is 19.1. The zero-order valence-corrected chi connectivity index (χ0v) is 10.3. The van der Waals surface area contributed by atoms with Gasteiger partial charge >= 0.3 is 0 Å². The van der Waals surface area contributed by atoms with Crippen molar-refractivity contribution in [3.63, 3.8) is 0 Å². The maximum atomic E-state index is 13.2. The van der Waals surface area contributed by atoms with Crippen LogP contribution in [-0.2, 0) is 6.54 Å². The van der Waals surface area contributed by atoms with Gasteiger partial charge in [0.25, 0.3) is 0 Å². The van der Waals surface area contributed by atoms with Gasteiger partial charge in [-0.05, 0) is 18.2 Å². The van der Waals surface area contributed by atoms with E-state index in [-0.39, 0.29) is 12.4 Å². The molecule has 0 radical (unpaired) electrons. The molecule has 0 amide bonds. The van der Waals surface area contributed by atoms with Crippen molar-refractivity contribution in [3.05, 3.63) is 48.0 Å². The Morgan fingerprint density at radius 3 is 3.05 bits per heavy atom. The predicted molar refractivity (Wildman–Crippen MR) is 70.1 cm³/mol. The molecule has 1 aromatic heterocycles. The molecule has 2 rings (SSSR count). The van der Waals surface area contributed by atoms with Gasteiger partial charge in [0.15, 0.2) is 0 Å². The Bertz CT molecular complexity index is 584. The third-order valence-corrected chi connectivity index (χ3v) is 2.41. The first-order chi connectivity index (χ1) is 9.29. The van der Waals surface area contributed by atoms with E-state index in [9.17, 15) is 4.39 Å². The first kappa shape index (κ1) is 13.1. The zero-order chi connectivity index (χ0) is 13.5. The molecule has 0 aliphatic carbocycles. The molecule has 0 unspecified atom stereocenters. The summed E-state index contributed by atoms with van der Waals surface area (Å²) in [6.45, 7) is 1.24. The summed E-state index contributed by atoms with van der Waals surface area (Å²) < 4.78 is 20.5. The van der Waals surface area contributed by atoms with Gasteiger partial charge in [0, 0.05) is 18.5 Å². The van der Waals surface area contributed by atoms with Crippen LogP contribution in [0.3, 0.4) is 0 Å². The normalized spacial score (nSPS) is 9.79. The lowest BCUT2D eigenvalue weighted by Crippen LogP contribution is -2.09. The maximum absolute atomic E-state index is 13.2. The molecular weight excluding hydrogens is 245 g/mol. The van der Waals surface area contributed by atoms with E-state index in [1.165, 1.54) is 12.1 Å². The second-order valence-electron chi connectivity index (χ2n) is 3.76. The lowest BCUT2D eigenvalue weighted by Gasteiger charge is -2.08. The summed E-state index contributed by atoms with van der Waals surface area (Å²) in [4.78, 5) is 0. The standard InChI is InChI=1S/C14H14FN3O/c15-13-5-4-12(3-1-6-16)14(11-13)19-10-9-18-8-2-7-17-18/h2,4-5,7-8,11H,6,9-10,16H2. The van der Waals surface area contributed by atoms with Crippen molar-refractivity contribution in [2.24, 2.45) is 5.73 Å². The Labute approximate surface area is 111 Å².